The Morgan fingerprint density at radius 2 is 2.04 bits per heavy atom. The zero-order valence-corrected chi connectivity index (χ0v) is 16.4. The van der Waals surface area contributed by atoms with E-state index < -0.39 is 0 Å². The highest BCUT2D eigenvalue weighted by molar-refractivity contribution is 9.10. The first-order valence-electron chi connectivity index (χ1n) is 7.84. The van der Waals surface area contributed by atoms with Crippen LogP contribution in [-0.2, 0) is 17.8 Å². The van der Waals surface area contributed by atoms with E-state index in [4.69, 9.17) is 6.42 Å². The molecule has 1 heterocycles. The van der Waals surface area contributed by atoms with Gasteiger partial charge in [0.1, 0.15) is 0 Å². The van der Waals surface area contributed by atoms with Gasteiger partial charge in [0, 0.05) is 4.47 Å². The van der Waals surface area contributed by atoms with Gasteiger partial charge in [-0.15, -0.1) is 6.42 Å². The number of thiazole rings is 1. The highest BCUT2D eigenvalue weighted by atomic mass is 79.9. The Kier molecular flexibility index (Phi) is 5.22. The van der Waals surface area contributed by atoms with Crippen LogP contribution in [0.1, 0.15) is 16.7 Å². The molecule has 3 rings (SSSR count). The van der Waals surface area contributed by atoms with Crippen molar-refractivity contribution >= 4 is 43.4 Å². The molecule has 3 nitrogen and oxygen atoms in total. The second kappa shape index (κ2) is 7.38. The van der Waals surface area contributed by atoms with E-state index in [2.05, 4.69) is 33.8 Å². The van der Waals surface area contributed by atoms with Crippen molar-refractivity contribution in [1.29, 1.82) is 0 Å². The van der Waals surface area contributed by atoms with Gasteiger partial charge in [-0.3, -0.25) is 4.79 Å². The minimum atomic E-state index is -0.167. The number of halogens is 1. The van der Waals surface area contributed by atoms with Crippen molar-refractivity contribution in [3.8, 4) is 12.3 Å². The lowest BCUT2D eigenvalue weighted by atomic mass is 10.0. The number of hydrogen-bond donors (Lipinski definition) is 0. The largest absolute Gasteiger partial charge is 0.305 e. The molecular formula is C20H17BrN2OS. The third-order valence-corrected chi connectivity index (χ3v) is 5.58. The van der Waals surface area contributed by atoms with E-state index in [-0.39, 0.29) is 12.3 Å². The van der Waals surface area contributed by atoms with Crippen LogP contribution in [-0.4, -0.2) is 10.5 Å². The van der Waals surface area contributed by atoms with Gasteiger partial charge in [0.15, 0.2) is 4.80 Å². The second-order valence-corrected chi connectivity index (χ2v) is 7.81. The second-order valence-electron chi connectivity index (χ2n) is 5.89. The summed E-state index contributed by atoms with van der Waals surface area (Å²) >= 11 is 4.94. The van der Waals surface area contributed by atoms with Crippen LogP contribution in [0, 0.1) is 26.2 Å². The molecule has 2 aromatic carbocycles. The lowest BCUT2D eigenvalue weighted by Gasteiger charge is -2.03. The maximum absolute atomic E-state index is 12.4. The molecule has 5 heteroatoms. The summed E-state index contributed by atoms with van der Waals surface area (Å²) in [4.78, 5) is 17.4. The molecule has 0 saturated heterocycles. The molecule has 1 aromatic heterocycles. The highest BCUT2D eigenvalue weighted by Crippen LogP contribution is 2.22. The van der Waals surface area contributed by atoms with Gasteiger partial charge in [0.05, 0.1) is 23.2 Å². The van der Waals surface area contributed by atoms with Gasteiger partial charge in [-0.1, -0.05) is 51.4 Å². The third-order valence-electron chi connectivity index (χ3n) is 4.04. The Morgan fingerprint density at radius 1 is 1.24 bits per heavy atom. The lowest BCUT2D eigenvalue weighted by Crippen LogP contribution is -2.17. The van der Waals surface area contributed by atoms with Crippen molar-refractivity contribution in [3.05, 3.63) is 62.4 Å². The predicted octanol–water partition coefficient (Wildman–Crippen LogP) is 4.39. The average Bonchev–Trinajstić information content (AvgIpc) is 2.88. The van der Waals surface area contributed by atoms with Gasteiger partial charge < -0.3 is 4.57 Å². The van der Waals surface area contributed by atoms with Crippen LogP contribution < -0.4 is 4.80 Å². The van der Waals surface area contributed by atoms with E-state index in [1.54, 1.807) is 0 Å². The molecule has 25 heavy (non-hydrogen) atoms. The Morgan fingerprint density at radius 3 is 2.76 bits per heavy atom. The van der Waals surface area contributed by atoms with Gasteiger partial charge in [-0.05, 0) is 48.7 Å². The first kappa shape index (κ1) is 17.7. The van der Waals surface area contributed by atoms with Gasteiger partial charge in [-0.2, -0.15) is 4.99 Å². The topological polar surface area (TPSA) is 34.4 Å². The lowest BCUT2D eigenvalue weighted by molar-refractivity contribution is -0.117. The van der Waals surface area contributed by atoms with Crippen LogP contribution in [0.5, 0.6) is 0 Å². The fourth-order valence-electron chi connectivity index (χ4n) is 2.61. The van der Waals surface area contributed by atoms with Gasteiger partial charge in [0.25, 0.3) is 5.91 Å². The molecule has 1 amide bonds. The summed E-state index contributed by atoms with van der Waals surface area (Å²) in [5.74, 6) is 2.47. The number of amides is 1. The number of rotatable bonds is 3. The summed E-state index contributed by atoms with van der Waals surface area (Å²) in [7, 11) is 0. The van der Waals surface area contributed by atoms with Crippen molar-refractivity contribution in [2.75, 3.05) is 0 Å². The molecule has 0 bridgehead atoms. The molecule has 0 spiro atoms. The van der Waals surface area contributed by atoms with Gasteiger partial charge in [0.2, 0.25) is 0 Å². The zero-order chi connectivity index (χ0) is 18.0. The fraction of sp³-hybridized carbons (Fsp3) is 0.200. The van der Waals surface area contributed by atoms with E-state index in [9.17, 15) is 4.79 Å². The standard InChI is InChI=1S/C20H17BrN2OS/c1-4-9-23-17-8-7-16(21)12-18(17)25-20(23)22-19(24)11-15-6-5-13(2)14(3)10-15/h1,5-8,10,12H,9,11H2,2-3H3. The number of terminal acetylenes is 1. The SMILES string of the molecule is C#CCn1c(=NC(=O)Cc2ccc(C)c(C)c2)sc2cc(Br)ccc21. The Labute approximate surface area is 159 Å². The molecular weight excluding hydrogens is 396 g/mol. The molecule has 0 aliphatic heterocycles. The van der Waals surface area contributed by atoms with Crippen LogP contribution in [0.4, 0.5) is 0 Å². The summed E-state index contributed by atoms with van der Waals surface area (Å²) in [5, 5.41) is 0. The van der Waals surface area contributed by atoms with E-state index >= 15 is 0 Å². The molecule has 0 radical (unpaired) electrons. The number of fused-ring (bicyclic) bond motifs is 1. The number of aromatic nitrogens is 1. The molecule has 0 N–H and O–H groups in total. The van der Waals surface area contributed by atoms with Crippen LogP contribution in [0.25, 0.3) is 10.2 Å². The number of benzene rings is 2. The van der Waals surface area contributed by atoms with E-state index in [1.165, 1.54) is 22.5 Å². The van der Waals surface area contributed by atoms with Crippen molar-refractivity contribution in [2.45, 2.75) is 26.8 Å². The molecule has 0 aliphatic rings. The number of carbonyl (C=O) groups is 1. The smallest absolute Gasteiger partial charge is 0.252 e. The summed E-state index contributed by atoms with van der Waals surface area (Å²) in [6.07, 6.45) is 5.78. The van der Waals surface area contributed by atoms with E-state index in [0.29, 0.717) is 11.3 Å². The van der Waals surface area contributed by atoms with Crippen LogP contribution in [0.3, 0.4) is 0 Å². The van der Waals surface area contributed by atoms with Crippen molar-refractivity contribution in [2.24, 2.45) is 4.99 Å². The maximum atomic E-state index is 12.4. The average molecular weight is 413 g/mol. The van der Waals surface area contributed by atoms with E-state index in [1.807, 2.05) is 47.9 Å². The maximum Gasteiger partial charge on any atom is 0.252 e. The summed E-state index contributed by atoms with van der Waals surface area (Å²) in [6.45, 7) is 4.49. The Bertz CT molecular complexity index is 1070. The van der Waals surface area contributed by atoms with Crippen molar-refractivity contribution in [1.82, 2.24) is 4.57 Å². The van der Waals surface area contributed by atoms with Crippen molar-refractivity contribution in [3.63, 3.8) is 0 Å². The predicted molar refractivity (Wildman–Crippen MR) is 107 cm³/mol. The van der Waals surface area contributed by atoms with Gasteiger partial charge >= 0.3 is 0 Å². The molecule has 0 fully saturated rings. The molecule has 0 atom stereocenters. The molecule has 0 unspecified atom stereocenters. The molecule has 126 valence electrons. The molecule has 0 saturated carbocycles. The summed E-state index contributed by atoms with van der Waals surface area (Å²) < 4.78 is 3.94. The Hall–Kier alpha value is -2.16. The highest BCUT2D eigenvalue weighted by Gasteiger charge is 2.09. The van der Waals surface area contributed by atoms with Gasteiger partial charge in [-0.25, -0.2) is 0 Å². The molecule has 0 aliphatic carbocycles. The monoisotopic (exact) mass is 412 g/mol. The first-order valence-corrected chi connectivity index (χ1v) is 9.45. The zero-order valence-electron chi connectivity index (χ0n) is 14.0. The quantitative estimate of drug-likeness (QED) is 0.587. The summed E-state index contributed by atoms with van der Waals surface area (Å²) in [5.41, 5.74) is 4.36. The number of hydrogen-bond acceptors (Lipinski definition) is 2. The normalized spacial score (nSPS) is 11.7. The van der Waals surface area contributed by atoms with Crippen LogP contribution >= 0.6 is 27.3 Å². The fourth-order valence-corrected chi connectivity index (χ4v) is 4.21. The summed E-state index contributed by atoms with van der Waals surface area (Å²) in [6, 6.07) is 12.0. The third kappa shape index (κ3) is 3.92. The number of carbonyl (C=O) groups excluding carboxylic acids is 1. The number of nitrogens with zero attached hydrogens (tertiary/aromatic N) is 2. The minimum Gasteiger partial charge on any atom is -0.305 e. The van der Waals surface area contributed by atoms with E-state index in [0.717, 1.165) is 20.3 Å². The Balaban J connectivity index is 1.99. The van der Waals surface area contributed by atoms with Crippen LogP contribution in [0.2, 0.25) is 0 Å². The number of aryl methyl sites for hydroxylation is 2. The first-order chi connectivity index (χ1) is 12.0. The minimum absolute atomic E-state index is 0.167. The van der Waals surface area contributed by atoms with Crippen molar-refractivity contribution < 1.29 is 4.79 Å². The van der Waals surface area contributed by atoms with Crippen LogP contribution in [0.15, 0.2) is 45.9 Å². The molecule has 3 aromatic rings.